The lowest BCUT2D eigenvalue weighted by molar-refractivity contribution is -0.0801. The molecule has 1 radical (unpaired) electrons. The van der Waals surface area contributed by atoms with Crippen LogP contribution in [0.15, 0.2) is 0 Å². The van der Waals surface area contributed by atoms with E-state index in [1.54, 1.807) is 7.05 Å². The largest absolute Gasteiger partial charge is 0.290 e. The summed E-state index contributed by atoms with van der Waals surface area (Å²) in [5.74, 6) is 0. The first-order chi connectivity index (χ1) is 4.27. The Labute approximate surface area is 56.3 Å². The van der Waals surface area contributed by atoms with Crippen molar-refractivity contribution in [3.63, 3.8) is 0 Å². The summed E-state index contributed by atoms with van der Waals surface area (Å²) >= 11 is 0. The van der Waals surface area contributed by atoms with Crippen molar-refractivity contribution in [1.82, 2.24) is 5.32 Å². The zero-order valence-corrected chi connectivity index (χ0v) is 5.94. The van der Waals surface area contributed by atoms with Crippen molar-refractivity contribution in [2.75, 3.05) is 7.05 Å². The fraction of sp³-hybridized carbons (Fsp3) is 1.00. The van der Waals surface area contributed by atoms with Gasteiger partial charge in [0.05, 0.1) is 0 Å². The zero-order chi connectivity index (χ0) is 6.74. The monoisotopic (exact) mass is 128 g/mol. The van der Waals surface area contributed by atoms with Gasteiger partial charge in [0, 0.05) is 0 Å². The lowest BCUT2D eigenvalue weighted by atomic mass is 9.92. The van der Waals surface area contributed by atoms with Crippen molar-refractivity contribution < 1.29 is 5.11 Å². The molecule has 0 aromatic carbocycles. The number of hydrogen-bond donors (Lipinski definition) is 1. The van der Waals surface area contributed by atoms with E-state index in [9.17, 15) is 5.11 Å². The van der Waals surface area contributed by atoms with Crippen LogP contribution in [-0.4, -0.2) is 12.8 Å². The standard InChI is InChI=1S/C7H14NO/c1-8-7(9)5-3-2-4-6-7/h8H,2-6H2,1H3. The fourth-order valence-corrected chi connectivity index (χ4v) is 1.37. The summed E-state index contributed by atoms with van der Waals surface area (Å²) in [6.45, 7) is 0. The van der Waals surface area contributed by atoms with Gasteiger partial charge in [-0.25, -0.2) is 5.11 Å². The van der Waals surface area contributed by atoms with Crippen LogP contribution in [-0.2, 0) is 5.11 Å². The summed E-state index contributed by atoms with van der Waals surface area (Å²) in [5, 5.41) is 14.2. The van der Waals surface area contributed by atoms with Crippen molar-refractivity contribution in [2.24, 2.45) is 0 Å². The van der Waals surface area contributed by atoms with Crippen LogP contribution in [0.4, 0.5) is 0 Å². The highest BCUT2D eigenvalue weighted by Gasteiger charge is 2.28. The van der Waals surface area contributed by atoms with Crippen LogP contribution in [0, 0.1) is 0 Å². The smallest absolute Gasteiger partial charge is 0.154 e. The van der Waals surface area contributed by atoms with Gasteiger partial charge in [-0.2, -0.15) is 0 Å². The molecule has 0 aliphatic heterocycles. The molecule has 0 aromatic heterocycles. The molecular formula is C7H14NO. The van der Waals surface area contributed by atoms with Gasteiger partial charge in [-0.1, -0.05) is 6.42 Å². The van der Waals surface area contributed by atoms with Crippen LogP contribution >= 0.6 is 0 Å². The van der Waals surface area contributed by atoms with E-state index in [0.29, 0.717) is 0 Å². The lowest BCUT2D eigenvalue weighted by Crippen LogP contribution is -2.42. The van der Waals surface area contributed by atoms with E-state index in [-0.39, 0.29) is 0 Å². The van der Waals surface area contributed by atoms with Crippen LogP contribution in [0.2, 0.25) is 0 Å². The van der Waals surface area contributed by atoms with Crippen molar-refractivity contribution in [2.45, 2.75) is 37.8 Å². The maximum absolute atomic E-state index is 11.4. The zero-order valence-electron chi connectivity index (χ0n) is 5.94. The summed E-state index contributed by atoms with van der Waals surface area (Å²) in [6.07, 6.45) is 5.06. The highest BCUT2D eigenvalue weighted by Crippen LogP contribution is 2.25. The molecule has 1 aliphatic rings. The molecule has 0 spiro atoms. The minimum absolute atomic E-state index is 0.780. The van der Waals surface area contributed by atoms with Crippen molar-refractivity contribution in [3.05, 3.63) is 0 Å². The molecule has 0 aromatic rings. The molecule has 0 atom stereocenters. The van der Waals surface area contributed by atoms with Crippen LogP contribution in [0.25, 0.3) is 0 Å². The highest BCUT2D eigenvalue weighted by molar-refractivity contribution is 4.77. The summed E-state index contributed by atoms with van der Waals surface area (Å²) in [6, 6.07) is 0. The van der Waals surface area contributed by atoms with Gasteiger partial charge in [0.1, 0.15) is 0 Å². The van der Waals surface area contributed by atoms with Crippen molar-refractivity contribution >= 4 is 0 Å². The minimum Gasteiger partial charge on any atom is -0.290 e. The Kier molecular flexibility index (Phi) is 2.09. The quantitative estimate of drug-likeness (QED) is 0.530. The third kappa shape index (κ3) is 1.66. The molecule has 53 valence electrons. The SMILES string of the molecule is CNC1([O])CCCCC1. The Balaban J connectivity index is 2.37. The first-order valence-corrected chi connectivity index (χ1v) is 3.66. The number of nitrogens with one attached hydrogen (secondary N) is 1. The molecule has 9 heavy (non-hydrogen) atoms. The van der Waals surface area contributed by atoms with Crippen molar-refractivity contribution in [1.29, 1.82) is 0 Å². The Morgan fingerprint density at radius 1 is 1.22 bits per heavy atom. The average molecular weight is 128 g/mol. The van der Waals surface area contributed by atoms with E-state index in [1.807, 2.05) is 0 Å². The van der Waals surface area contributed by atoms with Gasteiger partial charge < -0.3 is 0 Å². The topological polar surface area (TPSA) is 31.9 Å². The molecule has 1 saturated carbocycles. The van der Waals surface area contributed by atoms with E-state index >= 15 is 0 Å². The minimum atomic E-state index is -0.780. The van der Waals surface area contributed by atoms with Gasteiger partial charge in [-0.05, 0) is 32.7 Å². The second-order valence-corrected chi connectivity index (χ2v) is 2.80. The Morgan fingerprint density at radius 3 is 2.11 bits per heavy atom. The summed E-state index contributed by atoms with van der Waals surface area (Å²) in [7, 11) is 1.76. The summed E-state index contributed by atoms with van der Waals surface area (Å²) < 4.78 is 0. The van der Waals surface area contributed by atoms with E-state index in [2.05, 4.69) is 5.32 Å². The van der Waals surface area contributed by atoms with Gasteiger partial charge in [0.2, 0.25) is 0 Å². The number of hydrogen-bond acceptors (Lipinski definition) is 1. The van der Waals surface area contributed by atoms with Gasteiger partial charge in [-0.15, -0.1) is 0 Å². The molecule has 0 unspecified atom stereocenters. The van der Waals surface area contributed by atoms with Crippen LogP contribution in [0.3, 0.4) is 0 Å². The molecule has 1 rings (SSSR count). The second-order valence-electron chi connectivity index (χ2n) is 2.80. The predicted molar refractivity (Wildman–Crippen MR) is 35.6 cm³/mol. The molecule has 0 saturated heterocycles. The maximum atomic E-state index is 11.4. The predicted octanol–water partition coefficient (Wildman–Crippen LogP) is 1.30. The molecule has 0 heterocycles. The second kappa shape index (κ2) is 2.67. The van der Waals surface area contributed by atoms with E-state index < -0.39 is 5.72 Å². The van der Waals surface area contributed by atoms with Crippen LogP contribution in [0.5, 0.6) is 0 Å². The van der Waals surface area contributed by atoms with E-state index in [4.69, 9.17) is 0 Å². The average Bonchev–Trinajstić information content (AvgIpc) is 1.90. The maximum Gasteiger partial charge on any atom is 0.154 e. The number of rotatable bonds is 1. The third-order valence-electron chi connectivity index (χ3n) is 2.12. The molecule has 2 heteroatoms. The summed E-state index contributed by atoms with van der Waals surface area (Å²) in [4.78, 5) is 0. The molecule has 0 amide bonds. The fourth-order valence-electron chi connectivity index (χ4n) is 1.37. The van der Waals surface area contributed by atoms with Crippen molar-refractivity contribution in [3.8, 4) is 0 Å². The van der Waals surface area contributed by atoms with Crippen LogP contribution in [0.1, 0.15) is 32.1 Å². The van der Waals surface area contributed by atoms with E-state index in [1.165, 1.54) is 6.42 Å². The van der Waals surface area contributed by atoms with Gasteiger partial charge in [0.15, 0.2) is 5.72 Å². The first-order valence-electron chi connectivity index (χ1n) is 3.66. The lowest BCUT2D eigenvalue weighted by Gasteiger charge is -2.28. The Hall–Kier alpha value is -0.0800. The highest BCUT2D eigenvalue weighted by atomic mass is 16.3. The summed E-state index contributed by atoms with van der Waals surface area (Å²) in [5.41, 5.74) is -0.780. The first kappa shape index (κ1) is 7.03. The van der Waals surface area contributed by atoms with E-state index in [0.717, 1.165) is 25.7 Å². The van der Waals surface area contributed by atoms with Gasteiger partial charge >= 0.3 is 0 Å². The molecular weight excluding hydrogens is 114 g/mol. The third-order valence-corrected chi connectivity index (χ3v) is 2.12. The molecule has 1 aliphatic carbocycles. The molecule has 0 bridgehead atoms. The van der Waals surface area contributed by atoms with Gasteiger partial charge in [0.25, 0.3) is 0 Å². The Morgan fingerprint density at radius 2 is 1.78 bits per heavy atom. The molecule has 1 fully saturated rings. The normalized spacial score (nSPS) is 26.0. The molecule has 2 nitrogen and oxygen atoms in total. The Bertz CT molecular complexity index is 86.9. The molecule has 1 N–H and O–H groups in total. The van der Waals surface area contributed by atoms with Gasteiger partial charge in [-0.3, -0.25) is 5.32 Å². The van der Waals surface area contributed by atoms with Crippen LogP contribution < -0.4 is 5.32 Å².